The van der Waals surface area contributed by atoms with Crippen molar-refractivity contribution in [3.05, 3.63) is 155 Å². The summed E-state index contributed by atoms with van der Waals surface area (Å²) >= 11 is 7.14. The molecule has 2 aromatic heterocycles. The first kappa shape index (κ1) is 39.4. The molecule has 0 radical (unpaired) electrons. The molecule has 322 valence electrons. The molecule has 0 amide bonds. The Hall–Kier alpha value is -5.15. The van der Waals surface area contributed by atoms with Gasteiger partial charge in [-0.1, -0.05) is 41.9 Å². The molecule has 6 aromatic rings. The molecule has 14 rings (SSSR count). The fourth-order valence-corrected chi connectivity index (χ4v) is 15.3. The number of pyridine rings is 1. The van der Waals surface area contributed by atoms with E-state index in [1.807, 2.05) is 30.9 Å². The standard InChI is InChI=1S/C54H57ClN6O2/c55-47-24-41(8-15-48(47)59-43-9-6-33(7-10-43)31-61-18-17-56-32-61)54-26-35-21-38(29-54)50(39(22-35)30-54)49-36-19-34-20-37(49)28-53(25-34,27-36)40-3-1-4-45(23-40)58-42-11-13-44(14-12-42)60-51-46(52(62)63)5-2-16-57-51/h1-18,23-24,32,34-39,49-50,52,58-59,62-63H,19-22,25-31H2,(H,57,60). The number of aliphatic hydroxyl groups excluding tert-OH is 1. The molecule has 8 nitrogen and oxygen atoms in total. The number of hydrogen-bond donors (Lipinski definition) is 5. The predicted molar refractivity (Wildman–Crippen MR) is 251 cm³/mol. The van der Waals surface area contributed by atoms with Crippen molar-refractivity contribution in [2.75, 3.05) is 16.0 Å². The zero-order valence-electron chi connectivity index (χ0n) is 35.7. The van der Waals surface area contributed by atoms with Gasteiger partial charge in [0, 0.05) is 47.9 Å². The summed E-state index contributed by atoms with van der Waals surface area (Å²) in [4.78, 5) is 8.47. The zero-order valence-corrected chi connectivity index (χ0v) is 36.5. The van der Waals surface area contributed by atoms with Crippen LogP contribution in [0.4, 0.5) is 34.3 Å². The topological polar surface area (TPSA) is 107 Å². The van der Waals surface area contributed by atoms with Gasteiger partial charge in [0.05, 0.1) is 22.6 Å². The minimum atomic E-state index is -1.59. The first-order valence-electron chi connectivity index (χ1n) is 23.4. The van der Waals surface area contributed by atoms with Crippen LogP contribution in [0.1, 0.15) is 92.8 Å². The fraction of sp³-hybridized carbons (Fsp3) is 0.407. The van der Waals surface area contributed by atoms with Gasteiger partial charge in [-0.2, -0.15) is 0 Å². The molecule has 4 aromatic carbocycles. The maximum atomic E-state index is 9.77. The van der Waals surface area contributed by atoms with E-state index in [-0.39, 0.29) is 5.41 Å². The molecule has 8 aliphatic rings. The Kier molecular flexibility index (Phi) is 9.72. The van der Waals surface area contributed by atoms with Crippen LogP contribution in [0.3, 0.4) is 0 Å². The van der Waals surface area contributed by atoms with Gasteiger partial charge in [0.25, 0.3) is 0 Å². The third-order valence-corrected chi connectivity index (χ3v) is 17.2. The summed E-state index contributed by atoms with van der Waals surface area (Å²) in [6.45, 7) is 0.812. The third-order valence-electron chi connectivity index (χ3n) is 16.9. The summed E-state index contributed by atoms with van der Waals surface area (Å²) in [5.41, 5.74) is 10.2. The summed E-state index contributed by atoms with van der Waals surface area (Å²) in [6, 6.07) is 36.4. The van der Waals surface area contributed by atoms with E-state index < -0.39 is 6.29 Å². The van der Waals surface area contributed by atoms with Crippen LogP contribution in [0.2, 0.25) is 5.02 Å². The first-order valence-corrected chi connectivity index (χ1v) is 23.8. The molecule has 4 unspecified atom stereocenters. The number of aliphatic hydroxyl groups is 2. The van der Waals surface area contributed by atoms with E-state index in [2.05, 4.69) is 109 Å². The molecule has 0 spiro atoms. The highest BCUT2D eigenvalue weighted by molar-refractivity contribution is 6.33. The maximum absolute atomic E-state index is 9.77. The van der Waals surface area contributed by atoms with Crippen molar-refractivity contribution < 1.29 is 10.2 Å². The van der Waals surface area contributed by atoms with Crippen LogP contribution in [0.5, 0.6) is 0 Å². The Bertz CT molecular complexity index is 2580. The first-order chi connectivity index (χ1) is 30.7. The van der Waals surface area contributed by atoms with Crippen LogP contribution in [0, 0.1) is 47.3 Å². The van der Waals surface area contributed by atoms with E-state index >= 15 is 0 Å². The van der Waals surface area contributed by atoms with Crippen LogP contribution in [-0.4, -0.2) is 24.7 Å². The van der Waals surface area contributed by atoms with Gasteiger partial charge < -0.3 is 30.7 Å². The Labute approximate surface area is 375 Å². The number of nitrogens with one attached hydrogen (secondary N) is 3. The third kappa shape index (κ3) is 7.23. The number of benzene rings is 4. The highest BCUT2D eigenvalue weighted by Gasteiger charge is 2.63. The Morgan fingerprint density at radius 3 is 1.83 bits per heavy atom. The highest BCUT2D eigenvalue weighted by atomic mass is 35.5. The van der Waals surface area contributed by atoms with Crippen molar-refractivity contribution in [1.82, 2.24) is 14.5 Å². The second-order valence-electron chi connectivity index (χ2n) is 20.6. The Morgan fingerprint density at radius 2 is 1.22 bits per heavy atom. The lowest BCUT2D eigenvalue weighted by Gasteiger charge is -2.68. The molecule has 9 heteroatoms. The van der Waals surface area contributed by atoms with E-state index in [0.717, 1.165) is 87.3 Å². The lowest BCUT2D eigenvalue weighted by atomic mass is 9.37. The fourth-order valence-electron chi connectivity index (χ4n) is 15.1. The monoisotopic (exact) mass is 856 g/mol. The summed E-state index contributed by atoms with van der Waals surface area (Å²) < 4.78 is 2.08. The molecular weight excluding hydrogens is 800 g/mol. The number of imidazole rings is 1. The molecule has 8 saturated carbocycles. The lowest BCUT2D eigenvalue weighted by molar-refractivity contribution is -0.151. The second-order valence-corrected chi connectivity index (χ2v) is 21.0. The van der Waals surface area contributed by atoms with Crippen LogP contribution >= 0.6 is 11.6 Å². The van der Waals surface area contributed by atoms with Gasteiger partial charge in [0.15, 0.2) is 6.29 Å². The molecule has 0 saturated heterocycles. The van der Waals surface area contributed by atoms with Crippen molar-refractivity contribution in [3.63, 3.8) is 0 Å². The van der Waals surface area contributed by atoms with E-state index in [9.17, 15) is 10.2 Å². The summed E-state index contributed by atoms with van der Waals surface area (Å²) in [6.07, 6.45) is 19.6. The number of rotatable bonds is 12. The maximum Gasteiger partial charge on any atom is 0.182 e. The normalized spacial score (nSPS) is 31.1. The number of anilines is 6. The molecule has 4 atom stereocenters. The summed E-state index contributed by atoms with van der Waals surface area (Å²) in [7, 11) is 0. The molecule has 8 fully saturated rings. The van der Waals surface area contributed by atoms with Crippen LogP contribution in [0.25, 0.3) is 0 Å². The van der Waals surface area contributed by atoms with E-state index in [0.29, 0.717) is 16.8 Å². The van der Waals surface area contributed by atoms with Crippen molar-refractivity contribution in [3.8, 4) is 0 Å². The molecule has 8 bridgehead atoms. The largest absolute Gasteiger partial charge is 0.364 e. The molecule has 8 aliphatic carbocycles. The molecule has 5 N–H and O–H groups in total. The number of hydrogen-bond acceptors (Lipinski definition) is 7. The number of aromatic nitrogens is 3. The van der Waals surface area contributed by atoms with Gasteiger partial charge in [-0.3, -0.25) is 0 Å². The predicted octanol–water partition coefficient (Wildman–Crippen LogP) is 12.3. The van der Waals surface area contributed by atoms with E-state index in [1.165, 1.54) is 80.9 Å². The average Bonchev–Trinajstić information content (AvgIpc) is 3.79. The average molecular weight is 858 g/mol. The van der Waals surface area contributed by atoms with Gasteiger partial charge in [-0.05, 0) is 212 Å². The Balaban J connectivity index is 0.722. The van der Waals surface area contributed by atoms with Crippen molar-refractivity contribution in [1.29, 1.82) is 0 Å². The van der Waals surface area contributed by atoms with Crippen LogP contribution < -0.4 is 16.0 Å². The van der Waals surface area contributed by atoms with Gasteiger partial charge in [0.1, 0.15) is 5.82 Å². The summed E-state index contributed by atoms with van der Waals surface area (Å²) in [5.74, 6) is 7.30. The van der Waals surface area contributed by atoms with Crippen molar-refractivity contribution in [2.24, 2.45) is 47.3 Å². The van der Waals surface area contributed by atoms with E-state index in [1.54, 1.807) is 18.3 Å². The SMILES string of the molecule is OC(O)c1cccnc1Nc1ccc(Nc2cccc(C34CC5CC(C3)C(C3C6CC7CC3CC(c3ccc(Nc8ccc(Cn9ccnc9)cc8)c(Cl)c3)(C7)C6)C(C5)C4)c2)cc1. The Morgan fingerprint density at radius 1 is 0.619 bits per heavy atom. The van der Waals surface area contributed by atoms with Crippen LogP contribution in [-0.2, 0) is 17.4 Å². The summed E-state index contributed by atoms with van der Waals surface area (Å²) in [5, 5.41) is 30.9. The van der Waals surface area contributed by atoms with Gasteiger partial charge in [-0.25, -0.2) is 9.97 Å². The highest BCUT2D eigenvalue weighted by Crippen LogP contribution is 2.71. The number of nitrogens with zero attached hydrogens (tertiary/aromatic N) is 3. The van der Waals surface area contributed by atoms with Crippen LogP contribution in [0.15, 0.2) is 128 Å². The van der Waals surface area contributed by atoms with Gasteiger partial charge in [0.2, 0.25) is 0 Å². The molecule has 63 heavy (non-hydrogen) atoms. The van der Waals surface area contributed by atoms with E-state index in [4.69, 9.17) is 11.6 Å². The minimum Gasteiger partial charge on any atom is -0.364 e. The minimum absolute atomic E-state index is 0.271. The second kappa shape index (κ2) is 15.5. The van der Waals surface area contributed by atoms with Gasteiger partial charge >= 0.3 is 0 Å². The quantitative estimate of drug-likeness (QED) is 0.0780. The van der Waals surface area contributed by atoms with Gasteiger partial charge in [-0.15, -0.1) is 0 Å². The molecular formula is C54H57ClN6O2. The number of halogens is 1. The zero-order chi connectivity index (χ0) is 42.3. The molecule has 0 aliphatic heterocycles. The van der Waals surface area contributed by atoms with Crippen molar-refractivity contribution in [2.45, 2.75) is 87.9 Å². The number of fused-ring (bicyclic) bond motifs is 1. The van der Waals surface area contributed by atoms with Crippen molar-refractivity contribution >= 4 is 45.9 Å². The smallest absolute Gasteiger partial charge is 0.182 e. The lowest BCUT2D eigenvalue weighted by Crippen LogP contribution is -2.61. The molecule has 2 heterocycles.